The first-order chi connectivity index (χ1) is 10.0. The number of hydrogen-bond donors (Lipinski definition) is 2. The van der Waals surface area contributed by atoms with Crippen molar-refractivity contribution in [3.63, 3.8) is 0 Å². The van der Waals surface area contributed by atoms with Crippen molar-refractivity contribution in [2.24, 2.45) is 0 Å². The van der Waals surface area contributed by atoms with Crippen LogP contribution in [-0.2, 0) is 15.3 Å². The lowest BCUT2D eigenvalue weighted by Gasteiger charge is -2.21. The van der Waals surface area contributed by atoms with Gasteiger partial charge in [0.05, 0.1) is 17.1 Å². The van der Waals surface area contributed by atoms with E-state index in [9.17, 15) is 18.3 Å². The summed E-state index contributed by atoms with van der Waals surface area (Å²) in [6, 6.07) is 7.30. The number of nitrogens with one attached hydrogen (secondary N) is 1. The SMILES string of the molecule is CC(C)(C)c1ccc(C(=O)NCC2(O)CCS(=O)(=O)C2)cc1. The lowest BCUT2D eigenvalue weighted by atomic mass is 9.86. The van der Waals surface area contributed by atoms with Gasteiger partial charge < -0.3 is 10.4 Å². The van der Waals surface area contributed by atoms with Gasteiger partial charge in [0, 0.05) is 12.1 Å². The van der Waals surface area contributed by atoms with Crippen molar-refractivity contribution in [2.45, 2.75) is 38.2 Å². The van der Waals surface area contributed by atoms with E-state index in [0.29, 0.717) is 5.56 Å². The quantitative estimate of drug-likeness (QED) is 0.876. The molecular weight excluding hydrogens is 302 g/mol. The molecule has 0 saturated carbocycles. The molecule has 6 heteroatoms. The van der Waals surface area contributed by atoms with E-state index < -0.39 is 15.4 Å². The standard InChI is InChI=1S/C16H23NO4S/c1-15(2,3)13-6-4-12(5-7-13)14(18)17-10-16(19)8-9-22(20,21)11-16/h4-7,19H,8-11H2,1-3H3,(H,17,18). The van der Waals surface area contributed by atoms with E-state index >= 15 is 0 Å². The van der Waals surface area contributed by atoms with Gasteiger partial charge in [0.2, 0.25) is 0 Å². The molecule has 0 spiro atoms. The van der Waals surface area contributed by atoms with Gasteiger partial charge in [-0.05, 0) is 29.5 Å². The second-order valence-electron chi connectivity index (χ2n) is 7.08. The maximum atomic E-state index is 12.1. The number of carbonyl (C=O) groups excluding carboxylic acids is 1. The van der Waals surface area contributed by atoms with Gasteiger partial charge in [0.1, 0.15) is 0 Å². The van der Waals surface area contributed by atoms with Gasteiger partial charge in [0.25, 0.3) is 5.91 Å². The first-order valence-electron chi connectivity index (χ1n) is 7.32. The zero-order chi connectivity index (χ0) is 16.6. The molecule has 1 heterocycles. The molecule has 1 aromatic carbocycles. The Morgan fingerprint density at radius 1 is 1.27 bits per heavy atom. The molecule has 2 rings (SSSR count). The van der Waals surface area contributed by atoms with Crippen LogP contribution >= 0.6 is 0 Å². The number of benzene rings is 1. The molecule has 122 valence electrons. The van der Waals surface area contributed by atoms with Gasteiger partial charge in [-0.2, -0.15) is 0 Å². The van der Waals surface area contributed by atoms with Crippen LogP contribution in [0.25, 0.3) is 0 Å². The van der Waals surface area contributed by atoms with Gasteiger partial charge in [-0.15, -0.1) is 0 Å². The molecule has 1 unspecified atom stereocenters. The van der Waals surface area contributed by atoms with Crippen LogP contribution in [0.15, 0.2) is 24.3 Å². The third kappa shape index (κ3) is 4.08. The lowest BCUT2D eigenvalue weighted by Crippen LogP contribution is -2.43. The van der Waals surface area contributed by atoms with Gasteiger partial charge in [-0.1, -0.05) is 32.9 Å². The first kappa shape index (κ1) is 17.0. The first-order valence-corrected chi connectivity index (χ1v) is 9.15. The summed E-state index contributed by atoms with van der Waals surface area (Å²) < 4.78 is 22.8. The summed E-state index contributed by atoms with van der Waals surface area (Å²) >= 11 is 0. The molecule has 1 atom stereocenters. The highest BCUT2D eigenvalue weighted by Crippen LogP contribution is 2.23. The topological polar surface area (TPSA) is 83.5 Å². The van der Waals surface area contributed by atoms with E-state index in [1.807, 2.05) is 12.1 Å². The van der Waals surface area contributed by atoms with Crippen molar-refractivity contribution in [1.29, 1.82) is 0 Å². The number of hydrogen-bond acceptors (Lipinski definition) is 4. The third-order valence-corrected chi connectivity index (χ3v) is 5.76. The molecule has 0 radical (unpaired) electrons. The smallest absolute Gasteiger partial charge is 0.251 e. The highest BCUT2D eigenvalue weighted by molar-refractivity contribution is 7.91. The van der Waals surface area contributed by atoms with Crippen LogP contribution in [-0.4, -0.2) is 43.1 Å². The number of aliphatic hydroxyl groups is 1. The fourth-order valence-corrected chi connectivity index (χ4v) is 4.41. The summed E-state index contributed by atoms with van der Waals surface area (Å²) in [4.78, 5) is 12.1. The van der Waals surface area contributed by atoms with Gasteiger partial charge >= 0.3 is 0 Å². The summed E-state index contributed by atoms with van der Waals surface area (Å²) in [5.41, 5.74) is 0.296. The number of sulfone groups is 1. The van der Waals surface area contributed by atoms with Crippen molar-refractivity contribution in [1.82, 2.24) is 5.32 Å². The maximum Gasteiger partial charge on any atom is 0.251 e. The van der Waals surface area contributed by atoms with Crippen molar-refractivity contribution in [2.75, 3.05) is 18.1 Å². The molecule has 1 saturated heterocycles. The van der Waals surface area contributed by atoms with Crippen LogP contribution in [0.5, 0.6) is 0 Å². The monoisotopic (exact) mass is 325 g/mol. The van der Waals surface area contributed by atoms with E-state index in [-0.39, 0.29) is 35.8 Å². The summed E-state index contributed by atoms with van der Waals surface area (Å²) in [6.07, 6.45) is 0.165. The summed E-state index contributed by atoms with van der Waals surface area (Å²) in [5, 5.41) is 12.8. The average Bonchev–Trinajstić information content (AvgIpc) is 2.70. The van der Waals surface area contributed by atoms with E-state index in [4.69, 9.17) is 0 Å². The minimum atomic E-state index is -3.19. The fourth-order valence-electron chi connectivity index (χ4n) is 2.51. The normalized spacial score (nSPS) is 24.2. The zero-order valence-electron chi connectivity index (χ0n) is 13.2. The Hall–Kier alpha value is -1.40. The molecule has 0 aliphatic carbocycles. The molecule has 1 aliphatic heterocycles. The molecule has 5 nitrogen and oxygen atoms in total. The fraction of sp³-hybridized carbons (Fsp3) is 0.562. The predicted molar refractivity (Wildman–Crippen MR) is 85.7 cm³/mol. The Kier molecular flexibility index (Phi) is 4.37. The summed E-state index contributed by atoms with van der Waals surface area (Å²) in [6.45, 7) is 6.24. The molecule has 22 heavy (non-hydrogen) atoms. The second-order valence-corrected chi connectivity index (χ2v) is 9.26. The van der Waals surface area contributed by atoms with E-state index in [1.165, 1.54) is 0 Å². The minimum absolute atomic E-state index is 0.0162. The molecule has 1 fully saturated rings. The molecule has 2 N–H and O–H groups in total. The van der Waals surface area contributed by atoms with Gasteiger partial charge in [-0.3, -0.25) is 4.79 Å². The Morgan fingerprint density at radius 2 is 1.86 bits per heavy atom. The van der Waals surface area contributed by atoms with Gasteiger partial charge in [-0.25, -0.2) is 8.42 Å². The van der Waals surface area contributed by atoms with Crippen molar-refractivity contribution in [3.05, 3.63) is 35.4 Å². The van der Waals surface area contributed by atoms with Crippen molar-refractivity contribution >= 4 is 15.7 Å². The van der Waals surface area contributed by atoms with Crippen molar-refractivity contribution < 1.29 is 18.3 Å². The summed E-state index contributed by atoms with van der Waals surface area (Å²) in [7, 11) is -3.19. The largest absolute Gasteiger partial charge is 0.387 e. The minimum Gasteiger partial charge on any atom is -0.387 e. The lowest BCUT2D eigenvalue weighted by molar-refractivity contribution is 0.0609. The highest BCUT2D eigenvalue weighted by atomic mass is 32.2. The number of rotatable bonds is 3. The van der Waals surface area contributed by atoms with Gasteiger partial charge in [0.15, 0.2) is 9.84 Å². The Bertz CT molecular complexity index is 658. The molecule has 1 aliphatic rings. The van der Waals surface area contributed by atoms with E-state index in [0.717, 1.165) is 5.56 Å². The number of amides is 1. The molecular formula is C16H23NO4S. The highest BCUT2D eigenvalue weighted by Gasteiger charge is 2.40. The Labute approximate surface area is 131 Å². The molecule has 1 aromatic rings. The predicted octanol–water partition coefficient (Wildman–Crippen LogP) is 1.26. The van der Waals surface area contributed by atoms with E-state index in [1.54, 1.807) is 12.1 Å². The Morgan fingerprint density at radius 3 is 2.32 bits per heavy atom. The van der Waals surface area contributed by atoms with Crippen molar-refractivity contribution in [3.8, 4) is 0 Å². The third-order valence-electron chi connectivity index (χ3n) is 3.96. The number of carbonyl (C=O) groups is 1. The Balaban J connectivity index is 1.98. The average molecular weight is 325 g/mol. The van der Waals surface area contributed by atoms with Crippen LogP contribution in [0.4, 0.5) is 0 Å². The molecule has 0 aromatic heterocycles. The summed E-state index contributed by atoms with van der Waals surface area (Å²) in [5.74, 6) is -0.624. The second kappa shape index (κ2) is 5.66. The van der Waals surface area contributed by atoms with Crippen LogP contribution in [0.3, 0.4) is 0 Å². The maximum absolute atomic E-state index is 12.1. The van der Waals surface area contributed by atoms with Crippen LogP contribution in [0.2, 0.25) is 0 Å². The molecule has 1 amide bonds. The van der Waals surface area contributed by atoms with Crippen LogP contribution in [0.1, 0.15) is 43.1 Å². The zero-order valence-corrected chi connectivity index (χ0v) is 14.0. The van der Waals surface area contributed by atoms with Crippen LogP contribution in [0, 0.1) is 0 Å². The van der Waals surface area contributed by atoms with E-state index in [2.05, 4.69) is 26.1 Å². The van der Waals surface area contributed by atoms with Crippen LogP contribution < -0.4 is 5.32 Å². The molecule has 0 bridgehead atoms.